The van der Waals surface area contributed by atoms with Crippen LogP contribution in [0.25, 0.3) is 5.95 Å². The van der Waals surface area contributed by atoms with E-state index in [0.717, 1.165) is 12.1 Å². The zero-order valence-electron chi connectivity index (χ0n) is 21.9. The zero-order chi connectivity index (χ0) is 28.8. The molecule has 39 heavy (non-hydrogen) atoms. The normalized spacial score (nSPS) is 15.3. The molecule has 0 saturated heterocycles. The standard InChI is InChI=1S/C25H27ClF3N7O3/c1-12(2)32-23-33-18-11-35(21(38)14-6-7-17(26)16(9-14)25(27,28)29)13(3)8-15(18)22(39)36(23)24-31-10-19(34(24)5)20(37)30-4/h6-7,9-10,12-13H,8,11H2,1-5H3,(H,30,37)(H,32,33)/t13-/m1/s1. The van der Waals surface area contributed by atoms with E-state index in [0.29, 0.717) is 11.3 Å². The second-order valence-corrected chi connectivity index (χ2v) is 9.97. The minimum absolute atomic E-state index is 0.0910. The van der Waals surface area contributed by atoms with Gasteiger partial charge in [-0.25, -0.2) is 14.5 Å². The van der Waals surface area contributed by atoms with Crippen LogP contribution in [0.3, 0.4) is 0 Å². The molecule has 4 rings (SSSR count). The number of carbonyl (C=O) groups excluding carboxylic acids is 2. The quantitative estimate of drug-likeness (QED) is 0.490. The number of nitrogens with one attached hydrogen (secondary N) is 2. The number of alkyl halides is 3. The highest BCUT2D eigenvalue weighted by molar-refractivity contribution is 6.31. The van der Waals surface area contributed by atoms with Gasteiger partial charge >= 0.3 is 6.18 Å². The Morgan fingerprint density at radius 1 is 1.23 bits per heavy atom. The van der Waals surface area contributed by atoms with Crippen LogP contribution in [0.15, 0.2) is 29.2 Å². The zero-order valence-corrected chi connectivity index (χ0v) is 22.6. The van der Waals surface area contributed by atoms with Gasteiger partial charge < -0.3 is 20.1 Å². The first-order valence-electron chi connectivity index (χ1n) is 12.1. The largest absolute Gasteiger partial charge is 0.417 e. The fourth-order valence-corrected chi connectivity index (χ4v) is 4.68. The summed E-state index contributed by atoms with van der Waals surface area (Å²) in [6, 6.07) is 2.35. The van der Waals surface area contributed by atoms with Crippen molar-refractivity contribution in [3.63, 3.8) is 0 Å². The number of carbonyl (C=O) groups is 2. The number of hydrogen-bond donors (Lipinski definition) is 2. The highest BCUT2D eigenvalue weighted by Crippen LogP contribution is 2.36. The van der Waals surface area contributed by atoms with Crippen LogP contribution in [0.5, 0.6) is 0 Å². The molecular formula is C25H27ClF3N7O3. The summed E-state index contributed by atoms with van der Waals surface area (Å²) in [5, 5.41) is 5.13. The molecule has 0 radical (unpaired) electrons. The first kappa shape index (κ1) is 28.1. The van der Waals surface area contributed by atoms with Crippen LogP contribution in [0.2, 0.25) is 5.02 Å². The molecule has 0 fully saturated rings. The van der Waals surface area contributed by atoms with Gasteiger partial charge in [-0.3, -0.25) is 14.4 Å². The Balaban J connectivity index is 1.78. The third kappa shape index (κ3) is 5.22. The van der Waals surface area contributed by atoms with Crippen LogP contribution in [0, 0.1) is 0 Å². The van der Waals surface area contributed by atoms with Crippen molar-refractivity contribution in [1.29, 1.82) is 0 Å². The van der Waals surface area contributed by atoms with Gasteiger partial charge in [-0.15, -0.1) is 0 Å². The SMILES string of the molecule is CNC(=O)c1cnc(-n2c(NC(C)C)nc3c(c2=O)C[C@@H](C)N(C(=O)c2ccc(Cl)c(C(F)(F)F)c2)C3)n1C. The predicted octanol–water partition coefficient (Wildman–Crippen LogP) is 3.41. The van der Waals surface area contributed by atoms with Gasteiger partial charge in [0.15, 0.2) is 0 Å². The van der Waals surface area contributed by atoms with Gasteiger partial charge in [0.1, 0.15) is 5.69 Å². The van der Waals surface area contributed by atoms with E-state index < -0.39 is 34.3 Å². The molecule has 1 atom stereocenters. The van der Waals surface area contributed by atoms with Crippen LogP contribution < -0.4 is 16.2 Å². The smallest absolute Gasteiger partial charge is 0.354 e. The monoisotopic (exact) mass is 565 g/mol. The predicted molar refractivity (Wildman–Crippen MR) is 138 cm³/mol. The summed E-state index contributed by atoms with van der Waals surface area (Å²) in [6.45, 7) is 5.31. The fraction of sp³-hybridized carbons (Fsp3) is 0.400. The number of rotatable bonds is 5. The molecule has 3 heterocycles. The molecule has 0 unspecified atom stereocenters. The summed E-state index contributed by atoms with van der Waals surface area (Å²) < 4.78 is 42.9. The lowest BCUT2D eigenvalue weighted by atomic mass is 9.98. The molecule has 14 heteroatoms. The third-order valence-electron chi connectivity index (χ3n) is 6.43. The number of fused-ring (bicyclic) bond motifs is 1. The lowest BCUT2D eigenvalue weighted by Gasteiger charge is -2.34. The van der Waals surface area contributed by atoms with Crippen LogP contribution in [-0.4, -0.2) is 54.9 Å². The molecular weight excluding hydrogens is 539 g/mol. The molecule has 2 N–H and O–H groups in total. The maximum Gasteiger partial charge on any atom is 0.417 e. The minimum Gasteiger partial charge on any atom is -0.354 e. The maximum absolute atomic E-state index is 13.8. The third-order valence-corrected chi connectivity index (χ3v) is 6.76. The molecule has 0 saturated carbocycles. The number of hydrogen-bond acceptors (Lipinski definition) is 6. The first-order valence-corrected chi connectivity index (χ1v) is 12.5. The van der Waals surface area contributed by atoms with Crippen LogP contribution in [-0.2, 0) is 26.2 Å². The Labute approximate surface area is 226 Å². The average Bonchev–Trinajstić information content (AvgIpc) is 3.23. The van der Waals surface area contributed by atoms with Gasteiger partial charge in [-0.05, 0) is 45.4 Å². The van der Waals surface area contributed by atoms with Gasteiger partial charge in [0, 0.05) is 37.3 Å². The summed E-state index contributed by atoms with van der Waals surface area (Å²) in [6.07, 6.45) is -3.26. The number of halogens is 4. The molecule has 208 valence electrons. The van der Waals surface area contributed by atoms with E-state index >= 15 is 0 Å². The van der Waals surface area contributed by atoms with Crippen LogP contribution in [0.4, 0.5) is 19.1 Å². The number of amides is 2. The minimum atomic E-state index is -4.72. The van der Waals surface area contributed by atoms with E-state index in [1.165, 1.54) is 33.3 Å². The van der Waals surface area contributed by atoms with Gasteiger partial charge in [-0.2, -0.15) is 13.2 Å². The van der Waals surface area contributed by atoms with Crippen molar-refractivity contribution in [3.05, 3.63) is 67.9 Å². The fourth-order valence-electron chi connectivity index (χ4n) is 4.46. The van der Waals surface area contributed by atoms with Gasteiger partial charge in [0.05, 0.1) is 29.0 Å². The highest BCUT2D eigenvalue weighted by Gasteiger charge is 2.36. The van der Waals surface area contributed by atoms with Crippen molar-refractivity contribution < 1.29 is 22.8 Å². The van der Waals surface area contributed by atoms with Crippen molar-refractivity contribution in [1.82, 2.24) is 29.3 Å². The van der Waals surface area contributed by atoms with E-state index in [4.69, 9.17) is 11.6 Å². The summed E-state index contributed by atoms with van der Waals surface area (Å²) in [5.41, 5.74) is -0.806. The molecule has 3 aromatic rings. The second kappa shape index (κ2) is 10.4. The van der Waals surface area contributed by atoms with Gasteiger partial charge in [-0.1, -0.05) is 11.6 Å². The summed E-state index contributed by atoms with van der Waals surface area (Å²) in [4.78, 5) is 49.6. The molecule has 2 amide bonds. The van der Waals surface area contributed by atoms with E-state index in [9.17, 15) is 27.6 Å². The topological polar surface area (TPSA) is 114 Å². The van der Waals surface area contributed by atoms with Crippen LogP contribution >= 0.6 is 11.6 Å². The Hall–Kier alpha value is -3.87. The lowest BCUT2D eigenvalue weighted by molar-refractivity contribution is -0.137. The molecule has 0 bridgehead atoms. The molecule has 0 spiro atoms. The molecule has 0 aliphatic carbocycles. The van der Waals surface area contributed by atoms with Crippen molar-refractivity contribution in [2.24, 2.45) is 7.05 Å². The number of benzene rings is 1. The number of anilines is 1. The van der Waals surface area contributed by atoms with Crippen molar-refractivity contribution in [3.8, 4) is 5.95 Å². The van der Waals surface area contributed by atoms with Gasteiger partial charge in [0.2, 0.25) is 11.9 Å². The summed E-state index contributed by atoms with van der Waals surface area (Å²) >= 11 is 5.72. The second-order valence-electron chi connectivity index (χ2n) is 9.56. The number of aromatic nitrogens is 4. The average molecular weight is 566 g/mol. The molecule has 1 aromatic carbocycles. The Morgan fingerprint density at radius 3 is 2.54 bits per heavy atom. The molecule has 10 nitrogen and oxygen atoms in total. The molecule has 1 aliphatic rings. The van der Waals surface area contributed by atoms with Crippen LogP contribution in [0.1, 0.15) is 58.4 Å². The first-order chi connectivity index (χ1) is 18.2. The maximum atomic E-state index is 13.8. The van der Waals surface area contributed by atoms with Crippen molar-refractivity contribution in [2.45, 2.75) is 52.0 Å². The van der Waals surface area contributed by atoms with Gasteiger partial charge in [0.25, 0.3) is 17.4 Å². The van der Waals surface area contributed by atoms with E-state index in [1.54, 1.807) is 14.0 Å². The number of imidazole rings is 1. The van der Waals surface area contributed by atoms with Crippen molar-refractivity contribution >= 4 is 29.4 Å². The number of nitrogens with zero attached hydrogens (tertiary/aromatic N) is 5. The van der Waals surface area contributed by atoms with E-state index in [-0.39, 0.29) is 48.1 Å². The van der Waals surface area contributed by atoms with E-state index in [1.807, 2.05) is 13.8 Å². The Bertz CT molecular complexity index is 1510. The van der Waals surface area contributed by atoms with Crippen molar-refractivity contribution in [2.75, 3.05) is 12.4 Å². The molecule has 2 aromatic heterocycles. The Morgan fingerprint density at radius 2 is 1.92 bits per heavy atom. The van der Waals surface area contributed by atoms with E-state index in [2.05, 4.69) is 20.6 Å². The highest BCUT2D eigenvalue weighted by atomic mass is 35.5. The summed E-state index contributed by atoms with van der Waals surface area (Å²) in [5.74, 6) is -0.700. The molecule has 1 aliphatic heterocycles. The Kier molecular flexibility index (Phi) is 7.48. The lowest BCUT2D eigenvalue weighted by Crippen LogP contribution is -2.46. The summed E-state index contributed by atoms with van der Waals surface area (Å²) in [7, 11) is 3.08.